The molecule has 2 bridgehead atoms. The van der Waals surface area contributed by atoms with Gasteiger partial charge >= 0.3 is 0 Å². The lowest BCUT2D eigenvalue weighted by atomic mass is 9.73. The molecule has 3 aliphatic rings. The zero-order valence-corrected chi connectivity index (χ0v) is 16.1. The normalized spacial score (nSPS) is 30.2. The molecule has 4 atom stereocenters. The van der Waals surface area contributed by atoms with E-state index in [0.29, 0.717) is 30.1 Å². The molecule has 3 fully saturated rings. The van der Waals surface area contributed by atoms with E-state index in [0.717, 1.165) is 36.9 Å². The Balaban J connectivity index is 1.17. The topological polar surface area (TPSA) is 93.6 Å². The van der Waals surface area contributed by atoms with Gasteiger partial charge in [0.1, 0.15) is 5.58 Å². The highest BCUT2D eigenvalue weighted by Crippen LogP contribution is 2.55. The molecule has 8 nitrogen and oxygen atoms in total. The number of carbonyl (C=O) groups is 1. The molecule has 0 aliphatic carbocycles. The van der Waals surface area contributed by atoms with Crippen LogP contribution in [0.2, 0.25) is 0 Å². The second kappa shape index (κ2) is 6.06. The number of aromatic nitrogens is 2. The molecule has 5 heterocycles. The van der Waals surface area contributed by atoms with E-state index in [1.165, 1.54) is 0 Å². The van der Waals surface area contributed by atoms with Gasteiger partial charge in [-0.25, -0.2) is 0 Å². The summed E-state index contributed by atoms with van der Waals surface area (Å²) in [5, 5.41) is 8.07. The van der Waals surface area contributed by atoms with Gasteiger partial charge in [0, 0.05) is 37.2 Å². The number of amides is 1. The van der Waals surface area contributed by atoms with Crippen LogP contribution in [0.3, 0.4) is 0 Å². The predicted octanol–water partition coefficient (Wildman–Crippen LogP) is 2.54. The number of para-hydroxylation sites is 1. The van der Waals surface area contributed by atoms with E-state index in [9.17, 15) is 4.79 Å². The Morgan fingerprint density at radius 1 is 1.38 bits per heavy atom. The van der Waals surface area contributed by atoms with Crippen molar-refractivity contribution in [2.75, 3.05) is 24.5 Å². The number of rotatable bonds is 4. The Kier molecular flexibility index (Phi) is 3.56. The molecule has 2 aromatic heterocycles. The van der Waals surface area contributed by atoms with E-state index in [2.05, 4.69) is 20.4 Å². The minimum Gasteiger partial charge on any atom is -0.451 e. The summed E-state index contributed by atoms with van der Waals surface area (Å²) < 4.78 is 17.3. The summed E-state index contributed by atoms with van der Waals surface area (Å²) >= 11 is 0. The molecule has 6 rings (SSSR count). The molecule has 3 aromatic rings. The first-order chi connectivity index (χ1) is 14.1. The van der Waals surface area contributed by atoms with E-state index < -0.39 is 0 Å². The summed E-state index contributed by atoms with van der Waals surface area (Å²) in [6, 6.07) is 9.43. The number of nitrogens with zero attached hydrogens (tertiary/aromatic N) is 3. The molecular formula is C21H22N4O4. The lowest BCUT2D eigenvalue weighted by molar-refractivity contribution is 0.0141. The van der Waals surface area contributed by atoms with Crippen molar-refractivity contribution < 1.29 is 18.5 Å². The largest absolute Gasteiger partial charge is 0.451 e. The number of anilines is 1. The van der Waals surface area contributed by atoms with Crippen molar-refractivity contribution in [1.82, 2.24) is 15.5 Å². The van der Waals surface area contributed by atoms with E-state index >= 15 is 0 Å². The summed E-state index contributed by atoms with van der Waals surface area (Å²) in [5.41, 5.74) is 0.565. The Labute approximate surface area is 167 Å². The number of nitrogens with one attached hydrogen (secondary N) is 1. The molecule has 8 heteroatoms. The van der Waals surface area contributed by atoms with Crippen LogP contribution in [0.15, 0.2) is 39.3 Å². The van der Waals surface area contributed by atoms with Crippen LogP contribution in [0.4, 0.5) is 5.95 Å². The van der Waals surface area contributed by atoms with Crippen LogP contribution in [0.1, 0.15) is 29.3 Å². The quantitative estimate of drug-likeness (QED) is 0.727. The second-order valence-electron chi connectivity index (χ2n) is 8.38. The van der Waals surface area contributed by atoms with Gasteiger partial charge in [-0.15, -0.1) is 0 Å². The van der Waals surface area contributed by atoms with E-state index in [1.807, 2.05) is 24.3 Å². The molecule has 3 saturated heterocycles. The number of fused-ring (bicyclic) bond motifs is 2. The number of ether oxygens (including phenoxy) is 1. The van der Waals surface area contributed by atoms with Crippen molar-refractivity contribution >= 4 is 22.8 Å². The molecule has 0 unspecified atom stereocenters. The predicted molar refractivity (Wildman–Crippen MR) is 104 cm³/mol. The van der Waals surface area contributed by atoms with Crippen LogP contribution in [0.5, 0.6) is 0 Å². The molecule has 29 heavy (non-hydrogen) atoms. The number of hydrogen-bond acceptors (Lipinski definition) is 7. The molecule has 1 spiro atoms. The van der Waals surface area contributed by atoms with Gasteiger partial charge in [-0.05, 0) is 30.1 Å². The van der Waals surface area contributed by atoms with Crippen molar-refractivity contribution in [3.63, 3.8) is 0 Å². The fourth-order valence-electron chi connectivity index (χ4n) is 5.42. The third kappa shape index (κ3) is 2.58. The first-order valence-electron chi connectivity index (χ1n) is 10.1. The third-order valence-electron chi connectivity index (χ3n) is 6.73. The summed E-state index contributed by atoms with van der Waals surface area (Å²) in [6.45, 7) is 3.97. The summed E-state index contributed by atoms with van der Waals surface area (Å²) in [7, 11) is 0. The minimum absolute atomic E-state index is 0.159. The van der Waals surface area contributed by atoms with Gasteiger partial charge in [0.2, 0.25) is 5.89 Å². The highest BCUT2D eigenvalue weighted by molar-refractivity contribution is 5.96. The van der Waals surface area contributed by atoms with Gasteiger partial charge in [-0.1, -0.05) is 18.2 Å². The monoisotopic (exact) mass is 394 g/mol. The molecule has 1 amide bonds. The average Bonchev–Trinajstić information content (AvgIpc) is 3.50. The van der Waals surface area contributed by atoms with Crippen LogP contribution in [-0.2, 0) is 4.74 Å². The van der Waals surface area contributed by atoms with Crippen LogP contribution < -0.4 is 10.2 Å². The summed E-state index contributed by atoms with van der Waals surface area (Å²) in [5.74, 6) is 1.98. The zero-order chi connectivity index (χ0) is 19.6. The lowest BCUT2D eigenvalue weighted by Gasteiger charge is -2.29. The Hall–Kier alpha value is -2.87. The van der Waals surface area contributed by atoms with Gasteiger partial charge in [-0.3, -0.25) is 4.79 Å². The molecule has 1 N–H and O–H groups in total. The summed E-state index contributed by atoms with van der Waals surface area (Å²) in [6.07, 6.45) is 2.27. The van der Waals surface area contributed by atoms with E-state index in [4.69, 9.17) is 13.7 Å². The van der Waals surface area contributed by atoms with Gasteiger partial charge in [0.25, 0.3) is 11.9 Å². The van der Waals surface area contributed by atoms with Crippen molar-refractivity contribution in [1.29, 1.82) is 0 Å². The van der Waals surface area contributed by atoms with Crippen molar-refractivity contribution in [2.24, 2.45) is 11.8 Å². The standard InChI is InChI=1S/C21H22N4O4/c1-12-23-20(24-29-12)25-10-15-14(17-6-7-21(15,11-25)28-17)9-22-19(26)18-8-13-4-2-3-5-16(13)27-18/h2-5,8,14-15,17H,6-7,9-11H2,1H3,(H,22,26)/t14-,15+,17+,21+/m0/s1. The van der Waals surface area contributed by atoms with Gasteiger partial charge in [0.05, 0.1) is 18.2 Å². The highest BCUT2D eigenvalue weighted by atomic mass is 16.5. The van der Waals surface area contributed by atoms with Crippen LogP contribution in [0.25, 0.3) is 11.0 Å². The maximum atomic E-state index is 12.7. The van der Waals surface area contributed by atoms with Crippen LogP contribution in [-0.4, -0.2) is 47.4 Å². The fraction of sp³-hybridized carbons (Fsp3) is 0.476. The molecule has 0 saturated carbocycles. The number of aryl methyl sites for hydroxylation is 1. The van der Waals surface area contributed by atoms with E-state index in [1.54, 1.807) is 13.0 Å². The van der Waals surface area contributed by atoms with Crippen molar-refractivity contribution in [3.05, 3.63) is 42.0 Å². The van der Waals surface area contributed by atoms with Crippen LogP contribution in [0, 0.1) is 18.8 Å². The summed E-state index contributed by atoms with van der Waals surface area (Å²) in [4.78, 5) is 19.2. The number of furan rings is 1. The zero-order valence-electron chi connectivity index (χ0n) is 16.1. The number of hydrogen-bond donors (Lipinski definition) is 1. The fourth-order valence-corrected chi connectivity index (χ4v) is 5.42. The van der Waals surface area contributed by atoms with Gasteiger partial charge < -0.3 is 23.9 Å². The third-order valence-corrected chi connectivity index (χ3v) is 6.73. The number of carbonyl (C=O) groups excluding carboxylic acids is 1. The maximum Gasteiger partial charge on any atom is 0.287 e. The van der Waals surface area contributed by atoms with E-state index in [-0.39, 0.29) is 23.5 Å². The maximum absolute atomic E-state index is 12.7. The van der Waals surface area contributed by atoms with Gasteiger partial charge in [-0.2, -0.15) is 4.98 Å². The molecule has 0 radical (unpaired) electrons. The lowest BCUT2D eigenvalue weighted by Crippen LogP contribution is -2.41. The van der Waals surface area contributed by atoms with Gasteiger partial charge in [0.15, 0.2) is 5.76 Å². The molecule has 3 aliphatic heterocycles. The first-order valence-corrected chi connectivity index (χ1v) is 10.1. The highest BCUT2D eigenvalue weighted by Gasteiger charge is 2.63. The SMILES string of the molecule is Cc1nc(N2C[C@@H]3[C@H](CNC(=O)c4cc5ccccc5o4)[C@H]4CC[C@]3(C2)O4)no1. The Bertz CT molecular complexity index is 1060. The molecule has 150 valence electrons. The Morgan fingerprint density at radius 3 is 3.10 bits per heavy atom. The minimum atomic E-state index is -0.179. The van der Waals surface area contributed by atoms with Crippen LogP contribution >= 0.6 is 0 Å². The average molecular weight is 394 g/mol. The van der Waals surface area contributed by atoms with Crippen molar-refractivity contribution in [3.8, 4) is 0 Å². The Morgan fingerprint density at radius 2 is 2.28 bits per heavy atom. The smallest absolute Gasteiger partial charge is 0.287 e. The second-order valence-corrected chi connectivity index (χ2v) is 8.38. The van der Waals surface area contributed by atoms with Crippen molar-refractivity contribution in [2.45, 2.75) is 31.5 Å². The molecular weight excluding hydrogens is 372 g/mol. The molecule has 1 aromatic carbocycles. The number of benzene rings is 1. The first kappa shape index (κ1) is 17.0.